The Labute approximate surface area is 151 Å². The molecule has 0 aliphatic carbocycles. The molecule has 1 aliphatic heterocycles. The molecule has 2 rings (SSSR count). The number of benzene rings is 1. The van der Waals surface area contributed by atoms with Crippen molar-refractivity contribution in [1.82, 2.24) is 5.32 Å². The first-order valence-corrected chi connectivity index (χ1v) is 8.52. The van der Waals surface area contributed by atoms with Crippen LogP contribution in [-0.4, -0.2) is 24.8 Å². The molecule has 1 fully saturated rings. The van der Waals surface area contributed by atoms with E-state index in [0.717, 1.165) is 38.0 Å². The molecule has 1 aliphatic rings. The van der Waals surface area contributed by atoms with Crippen LogP contribution in [0.2, 0.25) is 0 Å². The minimum atomic E-state index is -0.389. The highest BCUT2D eigenvalue weighted by Crippen LogP contribution is 2.22. The molecule has 0 saturated carbocycles. The molecule has 0 radical (unpaired) electrons. The van der Waals surface area contributed by atoms with Crippen LogP contribution in [0.3, 0.4) is 0 Å². The fourth-order valence-corrected chi connectivity index (χ4v) is 2.87. The molecule has 1 heterocycles. The number of anilines is 1. The summed E-state index contributed by atoms with van der Waals surface area (Å²) in [6, 6.07) is 7.19. The van der Waals surface area contributed by atoms with Gasteiger partial charge in [-0.05, 0) is 62.5 Å². The first kappa shape index (κ1) is 20.7. The normalized spacial score (nSPS) is 15.5. The Morgan fingerprint density at radius 3 is 2.25 bits per heavy atom. The van der Waals surface area contributed by atoms with Gasteiger partial charge in [0.15, 0.2) is 5.78 Å². The fraction of sp³-hybridized carbons (Fsp3) is 0.579. The van der Waals surface area contributed by atoms with Crippen molar-refractivity contribution in [2.24, 2.45) is 11.3 Å². The average molecular weight is 353 g/mol. The summed E-state index contributed by atoms with van der Waals surface area (Å²) in [5, 5.41) is 6.26. The molecule has 0 spiro atoms. The standard InChI is InChI=1S/C19H28N2O2.ClH/c1-19(2,3)18(23)15-5-7-16(8-6-15)21-17(22)9-4-14-10-12-20-13-11-14;/h5-8,14,20H,4,9-13H2,1-3H3,(H,21,22);1H. The molecule has 5 heteroatoms. The summed E-state index contributed by atoms with van der Waals surface area (Å²) in [5.74, 6) is 0.827. The van der Waals surface area contributed by atoms with E-state index in [1.54, 1.807) is 24.3 Å². The number of amides is 1. The third-order valence-electron chi connectivity index (χ3n) is 4.35. The van der Waals surface area contributed by atoms with Gasteiger partial charge < -0.3 is 10.6 Å². The zero-order chi connectivity index (χ0) is 16.9. The highest BCUT2D eigenvalue weighted by Gasteiger charge is 2.22. The topological polar surface area (TPSA) is 58.2 Å². The number of carbonyl (C=O) groups is 2. The first-order valence-electron chi connectivity index (χ1n) is 8.52. The summed E-state index contributed by atoms with van der Waals surface area (Å²) in [6.07, 6.45) is 3.84. The van der Waals surface area contributed by atoms with Crippen molar-refractivity contribution in [1.29, 1.82) is 0 Å². The highest BCUT2D eigenvalue weighted by molar-refractivity contribution is 6.00. The second-order valence-corrected chi connectivity index (χ2v) is 7.44. The van der Waals surface area contributed by atoms with Crippen LogP contribution in [0.25, 0.3) is 0 Å². The molecule has 0 atom stereocenters. The van der Waals surface area contributed by atoms with Crippen LogP contribution in [0.4, 0.5) is 5.69 Å². The van der Waals surface area contributed by atoms with E-state index < -0.39 is 0 Å². The molecular weight excluding hydrogens is 324 g/mol. The maximum absolute atomic E-state index is 12.2. The summed E-state index contributed by atoms with van der Waals surface area (Å²) in [7, 11) is 0. The van der Waals surface area contributed by atoms with Gasteiger partial charge in [-0.15, -0.1) is 12.4 Å². The molecule has 0 bridgehead atoms. The van der Waals surface area contributed by atoms with Gasteiger partial charge in [-0.1, -0.05) is 20.8 Å². The lowest BCUT2D eigenvalue weighted by atomic mass is 9.86. The Hall–Kier alpha value is -1.39. The Kier molecular flexibility index (Phi) is 7.91. The lowest BCUT2D eigenvalue weighted by Crippen LogP contribution is -2.28. The van der Waals surface area contributed by atoms with Crippen molar-refractivity contribution in [3.63, 3.8) is 0 Å². The lowest BCUT2D eigenvalue weighted by Gasteiger charge is -2.22. The maximum atomic E-state index is 12.2. The summed E-state index contributed by atoms with van der Waals surface area (Å²) < 4.78 is 0. The van der Waals surface area contributed by atoms with Crippen LogP contribution in [0.1, 0.15) is 56.8 Å². The van der Waals surface area contributed by atoms with Gasteiger partial charge in [-0.25, -0.2) is 0 Å². The van der Waals surface area contributed by atoms with Crippen molar-refractivity contribution in [3.8, 4) is 0 Å². The van der Waals surface area contributed by atoms with Crippen molar-refractivity contribution in [2.75, 3.05) is 18.4 Å². The summed E-state index contributed by atoms with van der Waals surface area (Å²) in [4.78, 5) is 24.2. The quantitative estimate of drug-likeness (QED) is 0.786. The Morgan fingerprint density at radius 2 is 1.71 bits per heavy atom. The second kappa shape index (κ2) is 9.19. The molecule has 0 unspecified atom stereocenters. The first-order chi connectivity index (χ1) is 10.9. The number of halogens is 1. The highest BCUT2D eigenvalue weighted by atomic mass is 35.5. The lowest BCUT2D eigenvalue weighted by molar-refractivity contribution is -0.116. The number of Topliss-reactive ketones (excluding diaryl/α,β-unsaturated/α-hetero) is 1. The number of hydrogen-bond donors (Lipinski definition) is 2. The Bertz CT molecular complexity index is 543. The predicted molar refractivity (Wildman–Crippen MR) is 101 cm³/mol. The number of ketones is 1. The van der Waals surface area contributed by atoms with Crippen molar-refractivity contribution < 1.29 is 9.59 Å². The van der Waals surface area contributed by atoms with Crippen LogP contribution in [0.5, 0.6) is 0 Å². The molecule has 1 saturated heterocycles. The van der Waals surface area contributed by atoms with Crippen molar-refractivity contribution in [3.05, 3.63) is 29.8 Å². The van der Waals surface area contributed by atoms with E-state index in [9.17, 15) is 9.59 Å². The molecule has 4 nitrogen and oxygen atoms in total. The van der Waals surface area contributed by atoms with Gasteiger partial charge in [-0.2, -0.15) is 0 Å². The van der Waals surface area contributed by atoms with Crippen molar-refractivity contribution >= 4 is 29.8 Å². The van der Waals surface area contributed by atoms with Gasteiger partial charge in [-0.3, -0.25) is 9.59 Å². The van der Waals surface area contributed by atoms with E-state index >= 15 is 0 Å². The minimum absolute atomic E-state index is 0. The number of rotatable bonds is 5. The zero-order valence-corrected chi connectivity index (χ0v) is 15.7. The fourth-order valence-electron chi connectivity index (χ4n) is 2.87. The van der Waals surface area contributed by atoms with Crippen LogP contribution in [-0.2, 0) is 4.79 Å². The molecular formula is C19H29ClN2O2. The van der Waals surface area contributed by atoms with Gasteiger partial charge in [0.2, 0.25) is 5.91 Å². The number of hydrogen-bond acceptors (Lipinski definition) is 3. The van der Waals surface area contributed by atoms with Gasteiger partial charge in [0, 0.05) is 23.1 Å². The molecule has 1 aromatic rings. The summed E-state index contributed by atoms with van der Waals surface area (Å²) in [6.45, 7) is 7.86. The number of carbonyl (C=O) groups excluding carboxylic acids is 2. The Morgan fingerprint density at radius 1 is 1.12 bits per heavy atom. The smallest absolute Gasteiger partial charge is 0.224 e. The molecule has 1 amide bonds. The van der Waals surface area contributed by atoms with E-state index in [2.05, 4.69) is 10.6 Å². The van der Waals surface area contributed by atoms with Crippen LogP contribution in [0, 0.1) is 11.3 Å². The van der Waals surface area contributed by atoms with Gasteiger partial charge >= 0.3 is 0 Å². The summed E-state index contributed by atoms with van der Waals surface area (Å²) >= 11 is 0. The van der Waals surface area contributed by atoms with E-state index in [1.807, 2.05) is 20.8 Å². The van der Waals surface area contributed by atoms with Crippen LogP contribution >= 0.6 is 12.4 Å². The minimum Gasteiger partial charge on any atom is -0.326 e. The van der Waals surface area contributed by atoms with Crippen LogP contribution in [0.15, 0.2) is 24.3 Å². The van der Waals surface area contributed by atoms with E-state index in [0.29, 0.717) is 17.9 Å². The third kappa shape index (κ3) is 6.25. The van der Waals surface area contributed by atoms with Crippen LogP contribution < -0.4 is 10.6 Å². The van der Waals surface area contributed by atoms with E-state index in [4.69, 9.17) is 0 Å². The summed E-state index contributed by atoms with van der Waals surface area (Å²) in [5.41, 5.74) is 1.05. The van der Waals surface area contributed by atoms with Gasteiger partial charge in [0.25, 0.3) is 0 Å². The molecule has 134 valence electrons. The van der Waals surface area contributed by atoms with E-state index in [1.165, 1.54) is 0 Å². The predicted octanol–water partition coefficient (Wildman–Crippen LogP) is 4.06. The number of piperidine rings is 1. The van der Waals surface area contributed by atoms with Gasteiger partial charge in [0.05, 0.1) is 0 Å². The largest absolute Gasteiger partial charge is 0.326 e. The van der Waals surface area contributed by atoms with E-state index in [-0.39, 0.29) is 29.5 Å². The number of nitrogens with one attached hydrogen (secondary N) is 2. The molecule has 1 aromatic carbocycles. The zero-order valence-electron chi connectivity index (χ0n) is 14.9. The third-order valence-corrected chi connectivity index (χ3v) is 4.35. The average Bonchev–Trinajstić information content (AvgIpc) is 2.53. The molecule has 24 heavy (non-hydrogen) atoms. The maximum Gasteiger partial charge on any atom is 0.224 e. The van der Waals surface area contributed by atoms with Gasteiger partial charge in [0.1, 0.15) is 0 Å². The monoisotopic (exact) mass is 352 g/mol. The SMILES string of the molecule is CC(C)(C)C(=O)c1ccc(NC(=O)CCC2CCNCC2)cc1.Cl. The molecule has 0 aromatic heterocycles. The van der Waals surface area contributed by atoms with Crippen molar-refractivity contribution in [2.45, 2.75) is 46.5 Å². The second-order valence-electron chi connectivity index (χ2n) is 7.44. The Balaban J connectivity index is 0.00000288. The molecule has 2 N–H and O–H groups in total.